The molecule has 0 aromatic carbocycles. The predicted octanol–water partition coefficient (Wildman–Crippen LogP) is 1.23. The van der Waals surface area contributed by atoms with Crippen molar-refractivity contribution in [1.82, 2.24) is 5.32 Å². The molecule has 0 saturated carbocycles. The number of hydrogen-bond acceptors (Lipinski definition) is 4. The second kappa shape index (κ2) is 8.62. The molecule has 0 radical (unpaired) electrons. The van der Waals surface area contributed by atoms with Crippen molar-refractivity contribution >= 4 is 15.7 Å². The summed E-state index contributed by atoms with van der Waals surface area (Å²) in [6.07, 6.45) is 5.71. The highest BCUT2D eigenvalue weighted by Crippen LogP contribution is 2.17. The minimum absolute atomic E-state index is 0.0326. The average molecular weight is 304 g/mol. The predicted molar refractivity (Wildman–Crippen MR) is 81.1 cm³/mol. The van der Waals surface area contributed by atoms with E-state index in [-0.39, 0.29) is 23.5 Å². The van der Waals surface area contributed by atoms with Crippen LogP contribution in [0.3, 0.4) is 0 Å². The number of carbonyl (C=O) groups is 1. The summed E-state index contributed by atoms with van der Waals surface area (Å²) in [5, 5.41) is 2.96. The summed E-state index contributed by atoms with van der Waals surface area (Å²) >= 11 is 0. The molecule has 1 unspecified atom stereocenters. The van der Waals surface area contributed by atoms with Gasteiger partial charge in [-0.1, -0.05) is 19.8 Å². The summed E-state index contributed by atoms with van der Waals surface area (Å²) in [4.78, 5) is 11.9. The number of nitrogens with one attached hydrogen (secondary N) is 1. The van der Waals surface area contributed by atoms with Gasteiger partial charge in [-0.15, -0.1) is 0 Å². The molecule has 5 nitrogen and oxygen atoms in total. The second-order valence-electron chi connectivity index (χ2n) is 5.76. The zero-order valence-corrected chi connectivity index (χ0v) is 13.3. The maximum Gasteiger partial charge on any atom is 0.220 e. The smallest absolute Gasteiger partial charge is 0.220 e. The van der Waals surface area contributed by atoms with Crippen LogP contribution in [-0.4, -0.2) is 38.4 Å². The second-order valence-corrected chi connectivity index (χ2v) is 8.07. The molecule has 0 bridgehead atoms. The number of amides is 1. The minimum Gasteiger partial charge on any atom is -0.353 e. The third kappa shape index (κ3) is 6.70. The van der Waals surface area contributed by atoms with Gasteiger partial charge in [-0.05, 0) is 38.1 Å². The van der Waals surface area contributed by atoms with Gasteiger partial charge in [0.2, 0.25) is 5.91 Å². The molecular weight excluding hydrogens is 276 g/mol. The van der Waals surface area contributed by atoms with Gasteiger partial charge in [0.05, 0.1) is 11.5 Å². The molecule has 1 saturated heterocycles. The van der Waals surface area contributed by atoms with Crippen LogP contribution in [-0.2, 0) is 14.6 Å². The third-order valence-corrected chi connectivity index (χ3v) is 5.69. The molecule has 3 N–H and O–H groups in total. The molecule has 0 aliphatic carbocycles. The molecule has 20 heavy (non-hydrogen) atoms. The van der Waals surface area contributed by atoms with Crippen LogP contribution in [0, 0.1) is 5.92 Å². The third-order valence-electron chi connectivity index (χ3n) is 3.97. The van der Waals surface area contributed by atoms with Crippen LogP contribution in [0.1, 0.15) is 51.9 Å². The largest absolute Gasteiger partial charge is 0.353 e. The molecule has 118 valence electrons. The van der Waals surface area contributed by atoms with Gasteiger partial charge in [0.15, 0.2) is 0 Å². The van der Waals surface area contributed by atoms with Gasteiger partial charge in [-0.25, -0.2) is 8.42 Å². The summed E-state index contributed by atoms with van der Waals surface area (Å²) in [6, 6.07) is 0.0326. The molecular formula is C14H28N2O3S. The lowest BCUT2D eigenvalue weighted by atomic mass is 9.94. The van der Waals surface area contributed by atoms with Crippen LogP contribution >= 0.6 is 0 Å². The van der Waals surface area contributed by atoms with Crippen molar-refractivity contribution in [3.63, 3.8) is 0 Å². The molecule has 1 heterocycles. The zero-order chi connectivity index (χ0) is 15.0. The Balaban J connectivity index is 2.26. The quantitative estimate of drug-likeness (QED) is 0.705. The fourth-order valence-electron chi connectivity index (χ4n) is 2.75. The summed E-state index contributed by atoms with van der Waals surface area (Å²) in [5.74, 6) is 0.975. The monoisotopic (exact) mass is 304 g/mol. The Labute approximate surface area is 122 Å². The van der Waals surface area contributed by atoms with E-state index in [1.165, 1.54) is 0 Å². The first-order chi connectivity index (χ1) is 9.46. The van der Waals surface area contributed by atoms with E-state index in [1.54, 1.807) is 0 Å². The first-order valence-electron chi connectivity index (χ1n) is 7.66. The normalized spacial score (nSPS) is 20.5. The number of carbonyl (C=O) groups excluding carboxylic acids is 1. The zero-order valence-electron chi connectivity index (χ0n) is 12.4. The van der Waals surface area contributed by atoms with Crippen LogP contribution in [0.25, 0.3) is 0 Å². The molecule has 0 aromatic rings. The van der Waals surface area contributed by atoms with Gasteiger partial charge >= 0.3 is 0 Å². The average Bonchev–Trinajstić information content (AvgIpc) is 2.39. The van der Waals surface area contributed by atoms with E-state index in [0.717, 1.165) is 25.7 Å². The van der Waals surface area contributed by atoms with Crippen molar-refractivity contribution in [2.45, 2.75) is 57.9 Å². The highest BCUT2D eigenvalue weighted by Gasteiger charge is 2.24. The van der Waals surface area contributed by atoms with Crippen molar-refractivity contribution in [1.29, 1.82) is 0 Å². The van der Waals surface area contributed by atoms with Crippen molar-refractivity contribution in [2.75, 3.05) is 18.1 Å². The fourth-order valence-corrected chi connectivity index (χ4v) is 4.24. The maximum atomic E-state index is 11.9. The Bertz CT molecular complexity index is 375. The standard InChI is InChI=1S/C14H28N2O3S/c1-2-3-12(6-9-15)4-5-14(17)16-13-7-10-20(18,19)11-8-13/h12-13H,2-11,15H2,1H3,(H,16,17). The van der Waals surface area contributed by atoms with Gasteiger partial charge in [0.25, 0.3) is 0 Å². The van der Waals surface area contributed by atoms with Crippen molar-refractivity contribution in [3.8, 4) is 0 Å². The number of nitrogens with two attached hydrogens (primary N) is 1. The summed E-state index contributed by atoms with van der Waals surface area (Å²) in [7, 11) is -2.86. The van der Waals surface area contributed by atoms with Gasteiger partial charge in [-0.3, -0.25) is 4.79 Å². The van der Waals surface area contributed by atoms with Crippen molar-refractivity contribution in [2.24, 2.45) is 11.7 Å². The Morgan fingerprint density at radius 2 is 1.90 bits per heavy atom. The molecule has 6 heteroatoms. The van der Waals surface area contributed by atoms with Crippen LogP contribution in [0.4, 0.5) is 0 Å². The summed E-state index contributed by atoms with van der Waals surface area (Å²) in [6.45, 7) is 2.82. The number of sulfone groups is 1. The molecule has 1 aliphatic heterocycles. The van der Waals surface area contributed by atoms with Crippen molar-refractivity contribution < 1.29 is 13.2 Å². The van der Waals surface area contributed by atoms with E-state index in [9.17, 15) is 13.2 Å². The van der Waals surface area contributed by atoms with E-state index >= 15 is 0 Å². The molecule has 1 rings (SSSR count). The molecule has 0 aromatic heterocycles. The van der Waals surface area contributed by atoms with E-state index in [2.05, 4.69) is 12.2 Å². The lowest BCUT2D eigenvalue weighted by molar-refractivity contribution is -0.122. The molecule has 1 amide bonds. The van der Waals surface area contributed by atoms with E-state index in [1.807, 2.05) is 0 Å². The first kappa shape index (κ1) is 17.4. The SMILES string of the molecule is CCCC(CCN)CCC(=O)NC1CCS(=O)(=O)CC1. The highest BCUT2D eigenvalue weighted by atomic mass is 32.2. The molecule has 1 aliphatic rings. The van der Waals surface area contributed by atoms with Crippen LogP contribution in [0.15, 0.2) is 0 Å². The maximum absolute atomic E-state index is 11.9. The summed E-state index contributed by atoms with van der Waals surface area (Å²) < 4.78 is 22.6. The summed E-state index contributed by atoms with van der Waals surface area (Å²) in [5.41, 5.74) is 5.58. The van der Waals surface area contributed by atoms with Gasteiger partial charge < -0.3 is 11.1 Å². The number of rotatable bonds is 8. The van der Waals surface area contributed by atoms with Gasteiger partial charge in [0.1, 0.15) is 9.84 Å². The molecule has 0 spiro atoms. The first-order valence-corrected chi connectivity index (χ1v) is 9.49. The van der Waals surface area contributed by atoms with Crippen LogP contribution in [0.5, 0.6) is 0 Å². The van der Waals surface area contributed by atoms with Crippen LogP contribution < -0.4 is 11.1 Å². The van der Waals surface area contributed by atoms with Gasteiger partial charge in [-0.2, -0.15) is 0 Å². The topological polar surface area (TPSA) is 89.3 Å². The molecule has 1 atom stereocenters. The van der Waals surface area contributed by atoms with Crippen molar-refractivity contribution in [3.05, 3.63) is 0 Å². The van der Waals surface area contributed by atoms with Crippen LogP contribution in [0.2, 0.25) is 0 Å². The Hall–Kier alpha value is -0.620. The van der Waals surface area contributed by atoms with Gasteiger partial charge in [0, 0.05) is 12.5 Å². The Morgan fingerprint density at radius 1 is 1.25 bits per heavy atom. The Kier molecular flexibility index (Phi) is 7.51. The lowest BCUT2D eigenvalue weighted by Gasteiger charge is -2.23. The lowest BCUT2D eigenvalue weighted by Crippen LogP contribution is -2.40. The minimum atomic E-state index is -2.86. The fraction of sp³-hybridized carbons (Fsp3) is 0.929. The van der Waals surface area contributed by atoms with E-state index in [4.69, 9.17) is 5.73 Å². The highest BCUT2D eigenvalue weighted by molar-refractivity contribution is 7.91. The van der Waals surface area contributed by atoms with E-state index in [0.29, 0.717) is 31.7 Å². The van der Waals surface area contributed by atoms with E-state index < -0.39 is 9.84 Å². The number of hydrogen-bond donors (Lipinski definition) is 2. The Morgan fingerprint density at radius 3 is 2.45 bits per heavy atom. The molecule has 1 fully saturated rings.